The molecule has 0 amide bonds. The summed E-state index contributed by atoms with van der Waals surface area (Å²) in [5, 5.41) is 3.18. The summed E-state index contributed by atoms with van der Waals surface area (Å²) in [6.07, 6.45) is 0. The molecule has 1 N–H and O–H groups in total. The molecule has 0 aromatic heterocycles. The number of ether oxygens (including phenoxy) is 2. The Morgan fingerprint density at radius 3 is 2.48 bits per heavy atom. The number of rotatable bonds is 4. The van der Waals surface area contributed by atoms with Crippen molar-refractivity contribution in [3.8, 4) is 11.5 Å². The lowest BCUT2D eigenvalue weighted by Crippen LogP contribution is -2.52. The average molecular weight is 337 g/mol. The van der Waals surface area contributed by atoms with Gasteiger partial charge in [0.2, 0.25) is 10.0 Å². The summed E-state index contributed by atoms with van der Waals surface area (Å²) in [7, 11) is -0.505. The lowest BCUT2D eigenvalue weighted by Gasteiger charge is -2.32. The Morgan fingerprint density at radius 1 is 1.24 bits per heavy atom. The second-order valence-electron chi connectivity index (χ2n) is 4.69. The van der Waals surface area contributed by atoms with Crippen molar-refractivity contribution in [1.29, 1.82) is 0 Å². The van der Waals surface area contributed by atoms with E-state index in [0.29, 0.717) is 31.1 Å². The van der Waals surface area contributed by atoms with Crippen LogP contribution in [0.5, 0.6) is 11.5 Å². The molecule has 1 saturated heterocycles. The van der Waals surface area contributed by atoms with E-state index in [2.05, 4.69) is 5.32 Å². The van der Waals surface area contributed by atoms with Crippen LogP contribution in [-0.4, -0.2) is 52.6 Å². The first-order valence-corrected chi connectivity index (χ1v) is 7.89. The topological polar surface area (TPSA) is 67.9 Å². The highest BCUT2D eigenvalue weighted by Gasteiger charge is 2.31. The number of hydrogen-bond acceptors (Lipinski definition) is 5. The van der Waals surface area contributed by atoms with Gasteiger partial charge in [-0.3, -0.25) is 0 Å². The van der Waals surface area contributed by atoms with Gasteiger partial charge < -0.3 is 14.8 Å². The Morgan fingerprint density at radius 2 is 1.90 bits per heavy atom. The van der Waals surface area contributed by atoms with Crippen LogP contribution in [0.15, 0.2) is 23.1 Å². The van der Waals surface area contributed by atoms with Gasteiger partial charge in [-0.15, -0.1) is 12.4 Å². The van der Waals surface area contributed by atoms with Crippen LogP contribution in [0, 0.1) is 0 Å². The van der Waals surface area contributed by atoms with E-state index in [1.54, 1.807) is 12.1 Å². The molecule has 1 aliphatic heterocycles. The SMILES string of the molecule is COc1ccc(S(=O)(=O)N2CCNC[C@@H]2C)cc1OC.Cl. The zero-order valence-corrected chi connectivity index (χ0v) is 14.0. The van der Waals surface area contributed by atoms with Crippen LogP contribution in [0.2, 0.25) is 0 Å². The van der Waals surface area contributed by atoms with Crippen LogP contribution in [0.25, 0.3) is 0 Å². The zero-order valence-electron chi connectivity index (χ0n) is 12.3. The molecule has 0 unspecified atom stereocenters. The highest BCUT2D eigenvalue weighted by Crippen LogP contribution is 2.31. The molecule has 0 saturated carbocycles. The molecule has 8 heteroatoms. The van der Waals surface area contributed by atoms with Crippen molar-refractivity contribution in [3.63, 3.8) is 0 Å². The van der Waals surface area contributed by atoms with E-state index >= 15 is 0 Å². The lowest BCUT2D eigenvalue weighted by molar-refractivity contribution is 0.283. The average Bonchev–Trinajstić information content (AvgIpc) is 2.46. The summed E-state index contributed by atoms with van der Waals surface area (Å²) >= 11 is 0. The van der Waals surface area contributed by atoms with Crippen molar-refractivity contribution in [3.05, 3.63) is 18.2 Å². The number of nitrogens with zero attached hydrogens (tertiary/aromatic N) is 1. The Labute approximate surface area is 131 Å². The monoisotopic (exact) mass is 336 g/mol. The predicted molar refractivity (Wildman–Crippen MR) is 83.0 cm³/mol. The summed E-state index contributed by atoms with van der Waals surface area (Å²) < 4.78 is 37.1. The Hall–Kier alpha value is -1.02. The van der Waals surface area contributed by atoms with Crippen molar-refractivity contribution in [2.75, 3.05) is 33.9 Å². The summed E-state index contributed by atoms with van der Waals surface area (Å²) in [5.74, 6) is 0.927. The van der Waals surface area contributed by atoms with Crippen molar-refractivity contribution in [1.82, 2.24) is 9.62 Å². The second kappa shape index (κ2) is 7.31. The molecule has 1 atom stereocenters. The third-order valence-electron chi connectivity index (χ3n) is 3.40. The van der Waals surface area contributed by atoms with Gasteiger partial charge in [0.05, 0.1) is 19.1 Å². The number of benzene rings is 1. The number of sulfonamides is 1. The molecule has 120 valence electrons. The number of hydrogen-bond donors (Lipinski definition) is 1. The molecular formula is C13H21ClN2O4S. The summed E-state index contributed by atoms with van der Waals surface area (Å²) in [5.41, 5.74) is 0. The fraction of sp³-hybridized carbons (Fsp3) is 0.538. The summed E-state index contributed by atoms with van der Waals surface area (Å²) in [6.45, 7) is 3.69. The molecule has 1 heterocycles. The molecule has 2 rings (SSSR count). The fourth-order valence-electron chi connectivity index (χ4n) is 2.29. The van der Waals surface area contributed by atoms with Gasteiger partial charge in [0.25, 0.3) is 0 Å². The fourth-order valence-corrected chi connectivity index (χ4v) is 3.94. The first kappa shape index (κ1) is 18.0. The maximum atomic E-state index is 12.7. The van der Waals surface area contributed by atoms with Gasteiger partial charge in [0, 0.05) is 31.7 Å². The van der Waals surface area contributed by atoms with Gasteiger partial charge >= 0.3 is 0 Å². The van der Waals surface area contributed by atoms with E-state index < -0.39 is 10.0 Å². The molecule has 6 nitrogen and oxygen atoms in total. The summed E-state index contributed by atoms with van der Waals surface area (Å²) in [4.78, 5) is 0.226. The molecule has 0 radical (unpaired) electrons. The van der Waals surface area contributed by atoms with E-state index in [4.69, 9.17) is 9.47 Å². The van der Waals surface area contributed by atoms with Crippen LogP contribution in [-0.2, 0) is 10.0 Å². The smallest absolute Gasteiger partial charge is 0.243 e. The van der Waals surface area contributed by atoms with E-state index in [0.717, 1.165) is 0 Å². The minimum absolute atomic E-state index is 0. The summed E-state index contributed by atoms with van der Waals surface area (Å²) in [6, 6.07) is 4.59. The lowest BCUT2D eigenvalue weighted by atomic mass is 10.3. The Balaban J connectivity index is 0.00000220. The van der Waals surface area contributed by atoms with E-state index in [1.807, 2.05) is 6.92 Å². The molecule has 0 bridgehead atoms. The highest BCUT2D eigenvalue weighted by molar-refractivity contribution is 7.89. The number of methoxy groups -OCH3 is 2. The minimum Gasteiger partial charge on any atom is -0.493 e. The Kier molecular flexibility index (Phi) is 6.27. The first-order valence-electron chi connectivity index (χ1n) is 6.45. The van der Waals surface area contributed by atoms with Crippen molar-refractivity contribution in [2.24, 2.45) is 0 Å². The van der Waals surface area contributed by atoms with Crippen LogP contribution in [0.1, 0.15) is 6.92 Å². The van der Waals surface area contributed by atoms with Gasteiger partial charge in [0.1, 0.15) is 0 Å². The molecule has 1 aliphatic rings. The van der Waals surface area contributed by atoms with E-state index in [9.17, 15) is 8.42 Å². The normalized spacial score (nSPS) is 19.7. The number of piperazine rings is 1. The zero-order chi connectivity index (χ0) is 14.8. The number of halogens is 1. The maximum Gasteiger partial charge on any atom is 0.243 e. The third-order valence-corrected chi connectivity index (χ3v) is 5.41. The second-order valence-corrected chi connectivity index (χ2v) is 6.58. The largest absolute Gasteiger partial charge is 0.493 e. The van der Waals surface area contributed by atoms with Gasteiger partial charge in [-0.25, -0.2) is 8.42 Å². The maximum absolute atomic E-state index is 12.7. The van der Waals surface area contributed by atoms with Crippen molar-refractivity contribution in [2.45, 2.75) is 17.9 Å². The van der Waals surface area contributed by atoms with Crippen LogP contribution in [0.4, 0.5) is 0 Å². The minimum atomic E-state index is -3.51. The van der Waals surface area contributed by atoms with Crippen molar-refractivity contribution >= 4 is 22.4 Å². The van der Waals surface area contributed by atoms with Gasteiger partial charge in [-0.05, 0) is 19.1 Å². The standard InChI is InChI=1S/C13H20N2O4S.ClH/c1-10-9-14-6-7-15(10)20(16,17)11-4-5-12(18-2)13(8-11)19-3;/h4-5,8,10,14H,6-7,9H2,1-3H3;1H/t10-;/m0./s1. The number of nitrogens with one attached hydrogen (secondary N) is 1. The quantitative estimate of drug-likeness (QED) is 0.892. The van der Waals surface area contributed by atoms with E-state index in [-0.39, 0.29) is 23.3 Å². The van der Waals surface area contributed by atoms with E-state index in [1.165, 1.54) is 24.6 Å². The third kappa shape index (κ3) is 3.60. The van der Waals surface area contributed by atoms with Crippen LogP contribution < -0.4 is 14.8 Å². The van der Waals surface area contributed by atoms with Gasteiger partial charge in [0.15, 0.2) is 11.5 Å². The Bertz CT molecular complexity index is 580. The first-order chi connectivity index (χ1) is 9.50. The molecule has 0 spiro atoms. The molecule has 1 aromatic rings. The van der Waals surface area contributed by atoms with Gasteiger partial charge in [-0.1, -0.05) is 0 Å². The molecule has 0 aliphatic carbocycles. The predicted octanol–water partition coefficient (Wildman–Crippen LogP) is 1.11. The molecule has 1 fully saturated rings. The van der Waals surface area contributed by atoms with Crippen molar-refractivity contribution < 1.29 is 17.9 Å². The highest BCUT2D eigenvalue weighted by atomic mass is 35.5. The molecular weight excluding hydrogens is 316 g/mol. The molecule has 21 heavy (non-hydrogen) atoms. The molecule has 1 aromatic carbocycles. The van der Waals surface area contributed by atoms with Crippen LogP contribution in [0.3, 0.4) is 0 Å². The van der Waals surface area contributed by atoms with Crippen LogP contribution >= 0.6 is 12.4 Å². The van der Waals surface area contributed by atoms with Gasteiger partial charge in [-0.2, -0.15) is 4.31 Å².